The number of rotatable bonds is 8. The number of fused-ring (bicyclic) bond motifs is 6. The van der Waals surface area contributed by atoms with Crippen LogP contribution >= 0.6 is 0 Å². The zero-order chi connectivity index (χ0) is 52.6. The molecule has 10 rings (SSSR count). The summed E-state index contributed by atoms with van der Waals surface area (Å²) >= 11 is 0. The molecule has 0 amide bonds. The van der Waals surface area contributed by atoms with Crippen LogP contribution in [0.5, 0.6) is 11.5 Å². The van der Waals surface area contributed by atoms with E-state index in [-0.39, 0.29) is 57.4 Å². The van der Waals surface area contributed by atoms with Crippen LogP contribution in [-0.4, -0.2) is 84.1 Å². The van der Waals surface area contributed by atoms with Crippen LogP contribution in [0.25, 0.3) is 88.6 Å². The van der Waals surface area contributed by atoms with Gasteiger partial charge in [-0.05, 0) is 124 Å². The molecule has 0 aliphatic carbocycles. The quantitative estimate of drug-likeness (QED) is 0.0947. The summed E-state index contributed by atoms with van der Waals surface area (Å²) in [4.78, 5) is 50.4. The van der Waals surface area contributed by atoms with Crippen molar-refractivity contribution in [3.63, 3.8) is 0 Å². The molecule has 0 aliphatic rings. The topological polar surface area (TPSA) is 247 Å². The number of H-pyrrole nitrogens is 2. The molecule has 17 nitrogen and oxygen atoms in total. The van der Waals surface area contributed by atoms with Crippen molar-refractivity contribution < 1.29 is 73.0 Å². The number of carbonyl (C=O) groups excluding carboxylic acids is 1. The first kappa shape index (κ1) is 55.3. The first-order valence-corrected chi connectivity index (χ1v) is 23.8. The van der Waals surface area contributed by atoms with E-state index in [9.17, 15) is 14.7 Å². The monoisotopic (exact) mass is 1020 g/mol. The number of hydrogen-bond acceptors (Lipinski definition) is 14. The fourth-order valence-electron chi connectivity index (χ4n) is 9.51. The van der Waals surface area contributed by atoms with Gasteiger partial charge in [0.25, 0.3) is 0 Å². The molecule has 6 aromatic heterocycles. The van der Waals surface area contributed by atoms with Gasteiger partial charge < -0.3 is 43.8 Å². The van der Waals surface area contributed by atoms with E-state index >= 15 is 0 Å². The van der Waals surface area contributed by atoms with Crippen molar-refractivity contribution in [3.05, 3.63) is 117 Å². The SMILES string of the molecule is COC(=O)c1cc(-c2nc(C)nc3[nH]c4cc(-c5c(C)noc5C)c(OC)cc4c23)cc(C(C)(C)C)c1.COc1cc2c(cc1-c1c(C)noc1C)[nH]c1nc(C)nc(-c3cc(C(=O)O)cc(C(C)(C)C)c3)c12.[Na+].[OH-]. The Kier molecular flexibility index (Phi) is 15.3. The molecule has 4 aromatic carbocycles. The molecular weight excluding hydrogens is 964 g/mol. The summed E-state index contributed by atoms with van der Waals surface area (Å²) in [5, 5.41) is 21.5. The Morgan fingerprint density at radius 2 is 0.960 bits per heavy atom. The number of aromatic carboxylic acids is 1. The molecule has 75 heavy (non-hydrogen) atoms. The van der Waals surface area contributed by atoms with Crippen LogP contribution in [0.3, 0.4) is 0 Å². The number of nitrogens with one attached hydrogen (secondary N) is 2. The average Bonchev–Trinajstić information content (AvgIpc) is 4.09. The maximum Gasteiger partial charge on any atom is 1.00 e. The summed E-state index contributed by atoms with van der Waals surface area (Å²) in [6.45, 7) is 23.8. The third-order valence-corrected chi connectivity index (χ3v) is 13.2. The van der Waals surface area contributed by atoms with Crippen molar-refractivity contribution in [2.75, 3.05) is 21.3 Å². The smallest absolute Gasteiger partial charge is 0.870 e. The molecule has 10 aromatic rings. The van der Waals surface area contributed by atoms with Crippen molar-refractivity contribution >= 4 is 55.8 Å². The number of carboxylic acids is 1. The summed E-state index contributed by atoms with van der Waals surface area (Å²) in [6, 6.07) is 19.2. The number of esters is 1. The molecule has 0 fully saturated rings. The molecule has 18 heteroatoms. The molecule has 0 unspecified atom stereocenters. The number of ether oxygens (including phenoxy) is 3. The Morgan fingerprint density at radius 3 is 1.31 bits per heavy atom. The minimum atomic E-state index is -0.978. The third kappa shape index (κ3) is 10.2. The molecule has 0 bridgehead atoms. The van der Waals surface area contributed by atoms with Crippen molar-refractivity contribution in [3.8, 4) is 56.3 Å². The van der Waals surface area contributed by atoms with E-state index in [0.29, 0.717) is 51.5 Å². The van der Waals surface area contributed by atoms with Crippen molar-refractivity contribution in [2.24, 2.45) is 0 Å². The predicted octanol–water partition coefficient (Wildman–Crippen LogP) is 9.64. The Labute approximate surface area is 455 Å². The molecule has 0 atom stereocenters. The van der Waals surface area contributed by atoms with Gasteiger partial charge in [0.05, 0.1) is 77.1 Å². The zero-order valence-corrected chi connectivity index (χ0v) is 47.2. The number of nitrogens with zero attached hydrogens (tertiary/aromatic N) is 6. The standard InChI is InChI=1S/C29H30N4O4.C28H28N4O4.Na.H2O/c1-14-24(15(2)37-33-14)21-12-22-20(13-23(21)35-7)25-26(30-16(3)31-27(25)32-22)17-9-18(28(34)36-8)11-19(10-17)29(4,5)6;1-13-23(14(2)36-32-13)20-11-21-19(12-22(20)35-7)24-25(29-15(3)30-26(24)31-21)16-8-17(27(33)34)10-18(9-16)28(4,5)6;;/h9-13H,1-8H3,(H,30,31,32);8-12H,1-7H3,(H,33,34)(H,29,30,31);;1H2/q;;+1;/p-1. The number of hydrogen-bond donors (Lipinski definition) is 3. The molecule has 0 aliphatic heterocycles. The summed E-state index contributed by atoms with van der Waals surface area (Å²) in [5.74, 6) is 2.61. The molecular formula is C57H59N8NaO9. The van der Waals surface area contributed by atoms with Gasteiger partial charge in [0, 0.05) is 44.1 Å². The average molecular weight is 1020 g/mol. The summed E-state index contributed by atoms with van der Waals surface area (Å²) in [6.07, 6.45) is 0. The van der Waals surface area contributed by atoms with Crippen molar-refractivity contribution in [1.29, 1.82) is 0 Å². The van der Waals surface area contributed by atoms with Gasteiger partial charge in [-0.2, -0.15) is 0 Å². The van der Waals surface area contributed by atoms with Crippen LogP contribution in [0, 0.1) is 41.5 Å². The first-order chi connectivity index (χ1) is 34.5. The third-order valence-electron chi connectivity index (χ3n) is 13.2. The van der Waals surface area contributed by atoms with Gasteiger partial charge in [-0.3, -0.25) is 0 Å². The number of carboxylic acid groups (broad SMARTS) is 1. The van der Waals surface area contributed by atoms with Crippen LogP contribution in [-0.2, 0) is 15.6 Å². The first-order valence-electron chi connectivity index (χ1n) is 23.8. The zero-order valence-electron chi connectivity index (χ0n) is 45.2. The van der Waals surface area contributed by atoms with Gasteiger partial charge >= 0.3 is 41.5 Å². The van der Waals surface area contributed by atoms with Gasteiger partial charge in [-0.15, -0.1) is 0 Å². The predicted molar refractivity (Wildman–Crippen MR) is 284 cm³/mol. The summed E-state index contributed by atoms with van der Waals surface area (Å²) in [7, 11) is 4.67. The fraction of sp³-hybridized carbons (Fsp3) is 0.298. The van der Waals surface area contributed by atoms with E-state index in [0.717, 1.165) is 99.9 Å². The minimum Gasteiger partial charge on any atom is -0.870 e. The number of aromatic nitrogens is 8. The van der Waals surface area contributed by atoms with Crippen molar-refractivity contribution in [1.82, 2.24) is 40.2 Å². The van der Waals surface area contributed by atoms with Crippen LogP contribution in [0.4, 0.5) is 0 Å². The van der Waals surface area contributed by atoms with E-state index in [1.165, 1.54) is 7.11 Å². The second-order valence-corrected chi connectivity index (χ2v) is 20.4. The second-order valence-electron chi connectivity index (χ2n) is 20.4. The van der Waals surface area contributed by atoms with E-state index in [1.807, 2.05) is 84.0 Å². The largest absolute Gasteiger partial charge is 1.00 e. The normalized spacial score (nSPS) is 11.6. The molecule has 382 valence electrons. The molecule has 4 N–H and O–H groups in total. The number of methoxy groups -OCH3 is 3. The van der Waals surface area contributed by atoms with Gasteiger partial charge in [0.2, 0.25) is 0 Å². The van der Waals surface area contributed by atoms with Crippen molar-refractivity contribution in [2.45, 2.75) is 93.9 Å². The number of aryl methyl sites for hydroxylation is 6. The van der Waals surface area contributed by atoms with E-state index in [2.05, 4.69) is 72.9 Å². The van der Waals surface area contributed by atoms with Gasteiger partial charge in [-0.25, -0.2) is 29.5 Å². The maximum atomic E-state index is 12.6. The van der Waals surface area contributed by atoms with E-state index in [1.54, 1.807) is 26.4 Å². The Morgan fingerprint density at radius 1 is 0.560 bits per heavy atom. The van der Waals surface area contributed by atoms with Crippen LogP contribution in [0.1, 0.15) is 108 Å². The number of carbonyl (C=O) groups is 2. The van der Waals surface area contributed by atoms with E-state index in [4.69, 9.17) is 38.2 Å². The van der Waals surface area contributed by atoms with Crippen LogP contribution in [0.2, 0.25) is 0 Å². The molecule has 0 saturated carbocycles. The molecule has 0 saturated heterocycles. The van der Waals surface area contributed by atoms with Gasteiger partial charge in [0.1, 0.15) is 46.0 Å². The Bertz CT molecular complexity index is 3830. The second kappa shape index (κ2) is 20.7. The molecule has 0 radical (unpaired) electrons. The van der Waals surface area contributed by atoms with E-state index < -0.39 is 5.97 Å². The van der Waals surface area contributed by atoms with Gasteiger partial charge in [0.15, 0.2) is 0 Å². The summed E-state index contributed by atoms with van der Waals surface area (Å²) < 4.78 is 27.5. The summed E-state index contributed by atoms with van der Waals surface area (Å²) in [5.41, 5.74) is 13.4. The van der Waals surface area contributed by atoms with Crippen LogP contribution in [0.15, 0.2) is 69.7 Å². The maximum absolute atomic E-state index is 12.6. The Balaban J connectivity index is 0.000000213. The van der Waals surface area contributed by atoms with Crippen LogP contribution < -0.4 is 39.0 Å². The van der Waals surface area contributed by atoms with Gasteiger partial charge in [-0.1, -0.05) is 51.9 Å². The fourth-order valence-corrected chi connectivity index (χ4v) is 9.51. The number of benzene rings is 4. The molecule has 0 spiro atoms. The number of aromatic amines is 2. The molecule has 6 heterocycles. The minimum absolute atomic E-state index is 0. The Hall–Kier alpha value is -7.44.